The molecule has 1 aromatic heterocycles. The Labute approximate surface area is 118 Å². The number of aromatic nitrogens is 1. The normalized spacial score (nSPS) is 10.2. The van der Waals surface area contributed by atoms with Gasteiger partial charge in [0, 0.05) is 11.1 Å². The Kier molecular flexibility index (Phi) is 6.55. The zero-order chi connectivity index (χ0) is 14.3. The van der Waals surface area contributed by atoms with E-state index in [0.717, 1.165) is 19.3 Å². The van der Waals surface area contributed by atoms with Crippen molar-refractivity contribution in [1.82, 2.24) is 4.98 Å². The second-order valence-electron chi connectivity index (χ2n) is 4.74. The monoisotopic (exact) mass is 257 g/mol. The molecule has 0 aliphatic carbocycles. The van der Waals surface area contributed by atoms with Crippen LogP contribution in [0.15, 0.2) is 24.3 Å². The lowest BCUT2D eigenvalue weighted by molar-refractivity contribution is 0.882. The van der Waals surface area contributed by atoms with Crippen LogP contribution in [0.5, 0.6) is 0 Å². The molecule has 0 bridgehead atoms. The summed E-state index contributed by atoms with van der Waals surface area (Å²) in [7, 11) is 0. The maximum absolute atomic E-state index is 4.84. The molecule has 104 valence electrons. The molecule has 1 heterocycles. The van der Waals surface area contributed by atoms with Crippen LogP contribution in [0.3, 0.4) is 0 Å². The maximum Gasteiger partial charge on any atom is 0.0739 e. The third-order valence-corrected chi connectivity index (χ3v) is 3.21. The van der Waals surface area contributed by atoms with E-state index in [4.69, 9.17) is 4.98 Å². The SMILES string of the molecule is CC.CCCc1cc(C)c2cccc(CCC)c2n1. The fourth-order valence-electron chi connectivity index (χ4n) is 2.40. The van der Waals surface area contributed by atoms with E-state index >= 15 is 0 Å². The van der Waals surface area contributed by atoms with E-state index in [1.54, 1.807) is 0 Å². The van der Waals surface area contributed by atoms with E-state index in [1.807, 2.05) is 13.8 Å². The van der Waals surface area contributed by atoms with Crippen LogP contribution in [0.25, 0.3) is 10.9 Å². The van der Waals surface area contributed by atoms with Gasteiger partial charge >= 0.3 is 0 Å². The van der Waals surface area contributed by atoms with E-state index in [1.165, 1.54) is 34.1 Å². The Morgan fingerprint density at radius 2 is 1.68 bits per heavy atom. The molecule has 0 saturated carbocycles. The number of hydrogen-bond donors (Lipinski definition) is 0. The Hall–Kier alpha value is -1.37. The lowest BCUT2D eigenvalue weighted by atomic mass is 10.0. The van der Waals surface area contributed by atoms with Gasteiger partial charge in [0.1, 0.15) is 0 Å². The maximum atomic E-state index is 4.84. The molecule has 19 heavy (non-hydrogen) atoms. The first-order chi connectivity index (χ1) is 9.26. The fraction of sp³-hybridized carbons (Fsp3) is 0.500. The topological polar surface area (TPSA) is 12.9 Å². The summed E-state index contributed by atoms with van der Waals surface area (Å²) in [5, 5.41) is 1.32. The summed E-state index contributed by atoms with van der Waals surface area (Å²) >= 11 is 0. The van der Waals surface area contributed by atoms with Crippen LogP contribution in [0.4, 0.5) is 0 Å². The zero-order valence-electron chi connectivity index (χ0n) is 13.1. The smallest absolute Gasteiger partial charge is 0.0739 e. The van der Waals surface area contributed by atoms with Crippen LogP contribution < -0.4 is 0 Å². The predicted octanol–water partition coefficient (Wildman–Crippen LogP) is 5.47. The summed E-state index contributed by atoms with van der Waals surface area (Å²) < 4.78 is 0. The number of para-hydroxylation sites is 1. The van der Waals surface area contributed by atoms with Crippen molar-refractivity contribution in [2.24, 2.45) is 0 Å². The van der Waals surface area contributed by atoms with Gasteiger partial charge in [-0.15, -0.1) is 0 Å². The van der Waals surface area contributed by atoms with Crippen LogP contribution >= 0.6 is 0 Å². The third-order valence-electron chi connectivity index (χ3n) is 3.21. The first kappa shape index (κ1) is 15.7. The van der Waals surface area contributed by atoms with Crippen molar-refractivity contribution in [3.63, 3.8) is 0 Å². The highest BCUT2D eigenvalue weighted by Crippen LogP contribution is 2.22. The molecular weight excluding hydrogens is 230 g/mol. The number of benzene rings is 1. The standard InChI is InChI=1S/C16H21N.C2H6/c1-4-7-13-9-6-10-15-12(3)11-14(8-5-2)17-16(13)15;1-2/h6,9-11H,4-5,7-8H2,1-3H3;1-2H3. The molecule has 0 N–H and O–H groups in total. The van der Waals surface area contributed by atoms with Gasteiger partial charge in [0.15, 0.2) is 0 Å². The molecule has 0 amide bonds. The lowest BCUT2D eigenvalue weighted by Crippen LogP contribution is -1.96. The summed E-state index contributed by atoms with van der Waals surface area (Å²) in [4.78, 5) is 4.84. The molecule has 2 rings (SSSR count). The van der Waals surface area contributed by atoms with Crippen LogP contribution in [0, 0.1) is 6.92 Å². The van der Waals surface area contributed by atoms with Gasteiger partial charge in [-0.1, -0.05) is 58.7 Å². The highest BCUT2D eigenvalue weighted by molar-refractivity contribution is 5.85. The van der Waals surface area contributed by atoms with Crippen molar-refractivity contribution < 1.29 is 0 Å². The molecule has 1 nitrogen and oxygen atoms in total. The largest absolute Gasteiger partial charge is 0.253 e. The Morgan fingerprint density at radius 3 is 2.32 bits per heavy atom. The van der Waals surface area contributed by atoms with Gasteiger partial charge < -0.3 is 0 Å². The van der Waals surface area contributed by atoms with Gasteiger partial charge in [-0.2, -0.15) is 0 Å². The third kappa shape index (κ3) is 3.79. The van der Waals surface area contributed by atoms with Crippen molar-refractivity contribution in [3.05, 3.63) is 41.1 Å². The van der Waals surface area contributed by atoms with E-state index in [0.29, 0.717) is 0 Å². The van der Waals surface area contributed by atoms with Crippen molar-refractivity contribution in [1.29, 1.82) is 0 Å². The summed E-state index contributed by atoms with van der Waals surface area (Å²) in [6, 6.07) is 8.80. The number of nitrogens with zero attached hydrogens (tertiary/aromatic N) is 1. The van der Waals surface area contributed by atoms with Crippen molar-refractivity contribution in [2.45, 2.75) is 60.3 Å². The average molecular weight is 257 g/mol. The van der Waals surface area contributed by atoms with E-state index in [9.17, 15) is 0 Å². The van der Waals surface area contributed by atoms with Crippen LogP contribution in [0.2, 0.25) is 0 Å². The van der Waals surface area contributed by atoms with Crippen LogP contribution in [0.1, 0.15) is 57.4 Å². The number of pyridine rings is 1. The molecule has 0 unspecified atom stereocenters. The highest BCUT2D eigenvalue weighted by atomic mass is 14.7. The van der Waals surface area contributed by atoms with E-state index in [2.05, 4.69) is 45.0 Å². The summed E-state index contributed by atoms with van der Waals surface area (Å²) in [6.45, 7) is 10.6. The summed E-state index contributed by atoms with van der Waals surface area (Å²) in [5.74, 6) is 0. The van der Waals surface area contributed by atoms with Gasteiger partial charge in [0.2, 0.25) is 0 Å². The molecule has 0 spiro atoms. The molecule has 0 aliphatic rings. The molecule has 2 aromatic rings. The van der Waals surface area contributed by atoms with Crippen LogP contribution in [-0.2, 0) is 12.8 Å². The molecule has 0 radical (unpaired) electrons. The number of fused-ring (bicyclic) bond motifs is 1. The van der Waals surface area contributed by atoms with Gasteiger partial charge in [-0.05, 0) is 37.0 Å². The first-order valence-electron chi connectivity index (χ1n) is 7.64. The molecule has 0 fully saturated rings. The molecule has 1 heteroatoms. The predicted molar refractivity (Wildman–Crippen MR) is 85.8 cm³/mol. The second-order valence-corrected chi connectivity index (χ2v) is 4.74. The second kappa shape index (κ2) is 7.93. The number of rotatable bonds is 4. The minimum absolute atomic E-state index is 1.08. The molecule has 0 atom stereocenters. The van der Waals surface area contributed by atoms with Gasteiger partial charge in [0.05, 0.1) is 5.52 Å². The summed E-state index contributed by atoms with van der Waals surface area (Å²) in [6.07, 6.45) is 4.54. The lowest BCUT2D eigenvalue weighted by Gasteiger charge is -2.09. The molecular formula is C18H27N. The highest BCUT2D eigenvalue weighted by Gasteiger charge is 2.06. The average Bonchev–Trinajstić information content (AvgIpc) is 2.43. The van der Waals surface area contributed by atoms with Crippen LogP contribution in [-0.4, -0.2) is 4.98 Å². The molecule has 0 aliphatic heterocycles. The Balaban J connectivity index is 0.000000861. The summed E-state index contributed by atoms with van der Waals surface area (Å²) in [5.41, 5.74) is 5.21. The zero-order valence-corrected chi connectivity index (χ0v) is 13.1. The van der Waals surface area contributed by atoms with Gasteiger partial charge in [0.25, 0.3) is 0 Å². The minimum Gasteiger partial charge on any atom is -0.253 e. The Bertz CT molecular complexity index is 514. The van der Waals surface area contributed by atoms with Crippen molar-refractivity contribution >= 4 is 10.9 Å². The van der Waals surface area contributed by atoms with Crippen molar-refractivity contribution in [3.8, 4) is 0 Å². The van der Waals surface area contributed by atoms with Crippen molar-refractivity contribution in [2.75, 3.05) is 0 Å². The number of aryl methyl sites for hydroxylation is 3. The van der Waals surface area contributed by atoms with Gasteiger partial charge in [-0.3, -0.25) is 4.98 Å². The Morgan fingerprint density at radius 1 is 1.00 bits per heavy atom. The first-order valence-corrected chi connectivity index (χ1v) is 7.64. The molecule has 0 saturated heterocycles. The minimum atomic E-state index is 1.08. The number of hydrogen-bond acceptors (Lipinski definition) is 1. The van der Waals surface area contributed by atoms with E-state index in [-0.39, 0.29) is 0 Å². The quantitative estimate of drug-likeness (QED) is 0.707. The van der Waals surface area contributed by atoms with Gasteiger partial charge in [-0.25, -0.2) is 0 Å². The van der Waals surface area contributed by atoms with E-state index < -0.39 is 0 Å². The fourth-order valence-corrected chi connectivity index (χ4v) is 2.40. The molecule has 1 aromatic carbocycles.